The second-order valence-electron chi connectivity index (χ2n) is 4.20. The van der Waals surface area contributed by atoms with Crippen molar-refractivity contribution in [1.82, 2.24) is 4.98 Å². The minimum Gasteiger partial charge on any atom is -0.386 e. The van der Waals surface area contributed by atoms with Crippen LogP contribution in [-0.4, -0.2) is 10.1 Å². The molecule has 0 unspecified atom stereocenters. The Kier molecular flexibility index (Phi) is 2.72. The number of hydrogen-bond acceptors (Lipinski definition) is 2. The fourth-order valence-corrected chi connectivity index (χ4v) is 2.14. The molecule has 0 aliphatic heterocycles. The van der Waals surface area contributed by atoms with Gasteiger partial charge in [-0.3, -0.25) is 4.98 Å². The summed E-state index contributed by atoms with van der Waals surface area (Å²) in [5.41, 5.74) is -0.0745. The Balaban J connectivity index is 2.87. The molecule has 1 N–H and O–H groups in total. The van der Waals surface area contributed by atoms with Crippen LogP contribution in [0, 0.1) is 5.82 Å². The highest BCUT2D eigenvalue weighted by molar-refractivity contribution is 9.10. The first kappa shape index (κ1) is 11.5. The van der Waals surface area contributed by atoms with Crippen LogP contribution >= 0.6 is 15.9 Å². The van der Waals surface area contributed by atoms with E-state index in [1.54, 1.807) is 26.0 Å². The van der Waals surface area contributed by atoms with Crippen molar-refractivity contribution in [2.45, 2.75) is 19.4 Å². The van der Waals surface area contributed by atoms with E-state index in [0.29, 0.717) is 15.4 Å². The fourth-order valence-electron chi connectivity index (χ4n) is 1.71. The smallest absolute Gasteiger partial charge is 0.150 e. The van der Waals surface area contributed by atoms with E-state index in [4.69, 9.17) is 0 Å². The van der Waals surface area contributed by atoms with Gasteiger partial charge in [-0.25, -0.2) is 4.39 Å². The number of aliphatic hydroxyl groups is 1. The molecule has 0 atom stereocenters. The Labute approximate surface area is 101 Å². The molecule has 0 aliphatic rings. The molecular formula is C12H11BrFNO. The highest BCUT2D eigenvalue weighted by atomic mass is 79.9. The Morgan fingerprint density at radius 1 is 1.38 bits per heavy atom. The number of nitrogens with zero attached hydrogens (tertiary/aromatic N) is 1. The molecule has 1 aromatic heterocycles. The van der Waals surface area contributed by atoms with Crippen LogP contribution in [0.3, 0.4) is 0 Å². The largest absolute Gasteiger partial charge is 0.386 e. The van der Waals surface area contributed by atoms with Crippen LogP contribution in [0.4, 0.5) is 4.39 Å². The topological polar surface area (TPSA) is 33.1 Å². The normalized spacial score (nSPS) is 12.1. The number of hydrogen-bond donors (Lipinski definition) is 1. The van der Waals surface area contributed by atoms with Crippen LogP contribution in [0.25, 0.3) is 10.9 Å². The van der Waals surface area contributed by atoms with Crippen molar-refractivity contribution >= 4 is 26.8 Å². The van der Waals surface area contributed by atoms with E-state index >= 15 is 0 Å². The Morgan fingerprint density at radius 3 is 2.69 bits per heavy atom. The summed E-state index contributed by atoms with van der Waals surface area (Å²) >= 11 is 3.23. The molecule has 0 fully saturated rings. The van der Waals surface area contributed by atoms with Crippen molar-refractivity contribution in [1.29, 1.82) is 0 Å². The first-order chi connectivity index (χ1) is 7.39. The molecular weight excluding hydrogens is 273 g/mol. The summed E-state index contributed by atoms with van der Waals surface area (Å²) in [6, 6.07) is 4.83. The molecule has 0 spiro atoms. The van der Waals surface area contributed by atoms with Gasteiger partial charge < -0.3 is 5.11 Å². The predicted molar refractivity (Wildman–Crippen MR) is 64.6 cm³/mol. The summed E-state index contributed by atoms with van der Waals surface area (Å²) in [4.78, 5) is 3.99. The van der Waals surface area contributed by atoms with E-state index in [1.807, 2.05) is 0 Å². The number of benzene rings is 1. The SMILES string of the molecule is CC(C)(O)c1ccnc2c(F)cc(Br)cc12. The molecule has 0 amide bonds. The third kappa shape index (κ3) is 1.95. The zero-order valence-electron chi connectivity index (χ0n) is 8.96. The van der Waals surface area contributed by atoms with Crippen molar-refractivity contribution in [3.8, 4) is 0 Å². The van der Waals surface area contributed by atoms with E-state index < -0.39 is 11.4 Å². The van der Waals surface area contributed by atoms with Crippen molar-refractivity contribution in [3.05, 3.63) is 40.2 Å². The lowest BCUT2D eigenvalue weighted by Crippen LogP contribution is -2.16. The zero-order chi connectivity index (χ0) is 11.9. The van der Waals surface area contributed by atoms with E-state index in [9.17, 15) is 9.50 Å². The summed E-state index contributed by atoms with van der Waals surface area (Å²) in [6.45, 7) is 3.33. The van der Waals surface area contributed by atoms with E-state index in [-0.39, 0.29) is 5.52 Å². The molecule has 0 saturated carbocycles. The fraction of sp³-hybridized carbons (Fsp3) is 0.250. The van der Waals surface area contributed by atoms with E-state index in [0.717, 1.165) is 0 Å². The molecule has 0 aliphatic carbocycles. The van der Waals surface area contributed by atoms with Crippen LogP contribution in [0.5, 0.6) is 0 Å². The van der Waals surface area contributed by atoms with Gasteiger partial charge in [-0.05, 0) is 37.6 Å². The maximum absolute atomic E-state index is 13.6. The zero-order valence-corrected chi connectivity index (χ0v) is 10.5. The van der Waals surface area contributed by atoms with Gasteiger partial charge in [0.2, 0.25) is 0 Å². The molecule has 16 heavy (non-hydrogen) atoms. The number of halogens is 2. The average Bonchev–Trinajstić information content (AvgIpc) is 2.15. The third-order valence-electron chi connectivity index (χ3n) is 2.42. The quantitative estimate of drug-likeness (QED) is 0.871. The van der Waals surface area contributed by atoms with E-state index in [2.05, 4.69) is 20.9 Å². The van der Waals surface area contributed by atoms with Crippen molar-refractivity contribution in [3.63, 3.8) is 0 Å². The van der Waals surface area contributed by atoms with Gasteiger partial charge in [0.1, 0.15) is 5.52 Å². The number of aromatic nitrogens is 1. The Hall–Kier alpha value is -1.00. The van der Waals surface area contributed by atoms with Gasteiger partial charge in [-0.2, -0.15) is 0 Å². The highest BCUT2D eigenvalue weighted by Gasteiger charge is 2.20. The first-order valence-corrected chi connectivity index (χ1v) is 5.65. The van der Waals surface area contributed by atoms with Gasteiger partial charge in [0.15, 0.2) is 5.82 Å². The van der Waals surface area contributed by atoms with Crippen LogP contribution in [0.1, 0.15) is 19.4 Å². The second-order valence-corrected chi connectivity index (χ2v) is 5.12. The van der Waals surface area contributed by atoms with Crippen LogP contribution in [0.2, 0.25) is 0 Å². The first-order valence-electron chi connectivity index (χ1n) is 4.86. The van der Waals surface area contributed by atoms with Gasteiger partial charge in [0, 0.05) is 16.1 Å². The van der Waals surface area contributed by atoms with E-state index in [1.165, 1.54) is 12.3 Å². The van der Waals surface area contributed by atoms with Crippen LogP contribution in [0.15, 0.2) is 28.9 Å². The molecule has 1 heterocycles. The minimum absolute atomic E-state index is 0.280. The molecule has 2 nitrogen and oxygen atoms in total. The van der Waals surface area contributed by atoms with Crippen LogP contribution in [-0.2, 0) is 5.60 Å². The summed E-state index contributed by atoms with van der Waals surface area (Å²) in [5.74, 6) is -0.393. The maximum atomic E-state index is 13.6. The third-order valence-corrected chi connectivity index (χ3v) is 2.88. The average molecular weight is 284 g/mol. The number of fused-ring (bicyclic) bond motifs is 1. The molecule has 4 heteroatoms. The Morgan fingerprint density at radius 2 is 2.06 bits per heavy atom. The summed E-state index contributed by atoms with van der Waals surface area (Å²) in [5, 5.41) is 10.6. The standard InChI is InChI=1S/C12H11BrFNO/c1-12(2,16)9-3-4-15-11-8(9)5-7(13)6-10(11)14/h3-6,16H,1-2H3. The van der Waals surface area contributed by atoms with Gasteiger partial charge in [-0.1, -0.05) is 15.9 Å². The molecule has 0 bridgehead atoms. The van der Waals surface area contributed by atoms with Gasteiger partial charge >= 0.3 is 0 Å². The van der Waals surface area contributed by atoms with Gasteiger partial charge in [-0.15, -0.1) is 0 Å². The molecule has 2 aromatic rings. The summed E-state index contributed by atoms with van der Waals surface area (Å²) < 4.78 is 14.3. The molecule has 0 saturated heterocycles. The maximum Gasteiger partial charge on any atom is 0.150 e. The summed E-state index contributed by atoms with van der Waals surface area (Å²) in [6.07, 6.45) is 1.51. The predicted octanol–water partition coefficient (Wildman–Crippen LogP) is 3.36. The van der Waals surface area contributed by atoms with Crippen LogP contribution < -0.4 is 0 Å². The lowest BCUT2D eigenvalue weighted by molar-refractivity contribution is 0.0801. The lowest BCUT2D eigenvalue weighted by Gasteiger charge is -2.19. The number of pyridine rings is 1. The second kappa shape index (κ2) is 3.79. The minimum atomic E-state index is -1.02. The van der Waals surface area contributed by atoms with Crippen molar-refractivity contribution < 1.29 is 9.50 Å². The van der Waals surface area contributed by atoms with Crippen molar-refractivity contribution in [2.24, 2.45) is 0 Å². The van der Waals surface area contributed by atoms with Crippen molar-refractivity contribution in [2.75, 3.05) is 0 Å². The Bertz CT molecular complexity index is 548. The van der Waals surface area contributed by atoms with Gasteiger partial charge in [0.25, 0.3) is 0 Å². The van der Waals surface area contributed by atoms with Gasteiger partial charge in [0.05, 0.1) is 5.60 Å². The molecule has 0 radical (unpaired) electrons. The molecule has 1 aromatic carbocycles. The summed E-state index contributed by atoms with van der Waals surface area (Å²) in [7, 11) is 0. The molecule has 84 valence electrons. The highest BCUT2D eigenvalue weighted by Crippen LogP contribution is 2.30. The number of rotatable bonds is 1. The lowest BCUT2D eigenvalue weighted by atomic mass is 9.95. The molecule has 2 rings (SSSR count). The monoisotopic (exact) mass is 283 g/mol.